The fourth-order valence-corrected chi connectivity index (χ4v) is 5.11. The van der Waals surface area contributed by atoms with Crippen LogP contribution >= 0.6 is 11.3 Å². The number of carbonyl (C=O) groups is 1. The highest BCUT2D eigenvalue weighted by Crippen LogP contribution is 2.44. The molecule has 1 aliphatic carbocycles. The fraction of sp³-hybridized carbons (Fsp3) is 0.684. The molecule has 1 saturated heterocycles. The fourth-order valence-electron chi connectivity index (χ4n) is 4.49. The molecule has 0 radical (unpaired) electrons. The molecule has 2 fully saturated rings. The van der Waals surface area contributed by atoms with E-state index in [4.69, 9.17) is 0 Å². The smallest absolute Gasteiger partial charge is 0.220 e. The Morgan fingerprint density at radius 1 is 1.35 bits per heavy atom. The molecule has 6 nitrogen and oxygen atoms in total. The van der Waals surface area contributed by atoms with Gasteiger partial charge in [0, 0.05) is 13.0 Å². The second-order valence-corrected chi connectivity index (χ2v) is 9.02. The summed E-state index contributed by atoms with van der Waals surface area (Å²) in [6.07, 6.45) is 6.52. The lowest BCUT2D eigenvalue weighted by Gasteiger charge is -2.34. The van der Waals surface area contributed by atoms with Crippen LogP contribution in [-0.4, -0.2) is 39.0 Å². The molecule has 3 atom stereocenters. The number of rotatable bonds is 5. The molecule has 0 bridgehead atoms. The van der Waals surface area contributed by atoms with E-state index in [1.807, 2.05) is 5.51 Å². The second kappa shape index (κ2) is 6.76. The number of nitrogens with zero attached hydrogens (tertiary/aromatic N) is 4. The minimum absolute atomic E-state index is 0.110. The van der Waals surface area contributed by atoms with E-state index in [-0.39, 0.29) is 11.4 Å². The van der Waals surface area contributed by atoms with Crippen molar-refractivity contribution >= 4 is 33.4 Å². The van der Waals surface area contributed by atoms with Gasteiger partial charge in [-0.25, -0.2) is 15.0 Å². The van der Waals surface area contributed by atoms with Gasteiger partial charge >= 0.3 is 0 Å². The molecule has 2 aromatic rings. The van der Waals surface area contributed by atoms with E-state index < -0.39 is 0 Å². The topological polar surface area (TPSA) is 71.0 Å². The molecule has 1 N–H and O–H groups in total. The Balaban J connectivity index is 1.56. The average molecular weight is 374 g/mol. The predicted octanol–water partition coefficient (Wildman–Crippen LogP) is 3.39. The van der Waals surface area contributed by atoms with E-state index >= 15 is 0 Å². The second-order valence-electron chi connectivity index (χ2n) is 8.18. The summed E-state index contributed by atoms with van der Waals surface area (Å²) in [5, 5.41) is 3.44. The molecule has 0 aromatic carbocycles. The third kappa shape index (κ3) is 2.96. The summed E-state index contributed by atoms with van der Waals surface area (Å²) >= 11 is 1.55. The molecule has 7 heteroatoms. The first kappa shape index (κ1) is 17.6. The van der Waals surface area contributed by atoms with Crippen molar-refractivity contribution in [1.82, 2.24) is 20.3 Å². The van der Waals surface area contributed by atoms with Crippen molar-refractivity contribution in [2.75, 3.05) is 11.4 Å². The lowest BCUT2D eigenvalue weighted by atomic mass is 9.90. The first-order valence-corrected chi connectivity index (χ1v) is 10.5. The summed E-state index contributed by atoms with van der Waals surface area (Å²) in [5.41, 5.74) is 2.61. The molecule has 2 aromatic heterocycles. The van der Waals surface area contributed by atoms with Crippen molar-refractivity contribution in [3.63, 3.8) is 0 Å². The Hall–Kier alpha value is -1.76. The predicted molar refractivity (Wildman–Crippen MR) is 104 cm³/mol. The zero-order valence-electron chi connectivity index (χ0n) is 15.7. The van der Waals surface area contributed by atoms with Gasteiger partial charge in [-0.15, -0.1) is 11.3 Å². The summed E-state index contributed by atoms with van der Waals surface area (Å²) in [7, 11) is 0. The molecule has 1 saturated carbocycles. The van der Waals surface area contributed by atoms with Crippen LogP contribution in [0.15, 0.2) is 11.8 Å². The zero-order valence-corrected chi connectivity index (χ0v) is 16.6. The minimum atomic E-state index is -0.110. The van der Waals surface area contributed by atoms with Crippen molar-refractivity contribution in [2.45, 2.75) is 64.5 Å². The highest BCUT2D eigenvalue weighted by molar-refractivity contribution is 7.16. The van der Waals surface area contributed by atoms with Crippen LogP contribution in [0, 0.1) is 11.8 Å². The molecule has 1 aliphatic heterocycles. The van der Waals surface area contributed by atoms with Gasteiger partial charge in [-0.2, -0.15) is 0 Å². The lowest BCUT2D eigenvalue weighted by molar-refractivity contribution is -0.124. The van der Waals surface area contributed by atoms with Crippen LogP contribution in [0.3, 0.4) is 0 Å². The Morgan fingerprint density at radius 3 is 3.00 bits per heavy atom. The summed E-state index contributed by atoms with van der Waals surface area (Å²) < 4.78 is 0. The number of aromatic nitrogens is 3. The first-order chi connectivity index (χ1) is 12.5. The largest absolute Gasteiger partial charge is 0.349 e. The SMILES string of the molecule is CC(C)C(C)CC(=O)NC12CCCC1N(c1ncnc3scnc13)CC2. The number of nitrogens with one attached hydrogen (secondary N) is 1. The van der Waals surface area contributed by atoms with Gasteiger partial charge in [-0.1, -0.05) is 20.8 Å². The van der Waals surface area contributed by atoms with Gasteiger partial charge in [0.1, 0.15) is 16.7 Å². The molecule has 140 valence electrons. The Morgan fingerprint density at radius 2 is 2.19 bits per heavy atom. The van der Waals surface area contributed by atoms with Crippen molar-refractivity contribution in [3.8, 4) is 0 Å². The highest BCUT2D eigenvalue weighted by atomic mass is 32.1. The van der Waals surface area contributed by atoms with E-state index in [1.165, 1.54) is 0 Å². The molecule has 2 aliphatic rings. The third-order valence-electron chi connectivity index (χ3n) is 6.33. The number of carbonyl (C=O) groups excluding carboxylic acids is 1. The van der Waals surface area contributed by atoms with Gasteiger partial charge in [0.05, 0.1) is 17.1 Å². The van der Waals surface area contributed by atoms with Gasteiger partial charge < -0.3 is 10.2 Å². The number of fused-ring (bicyclic) bond motifs is 2. The van der Waals surface area contributed by atoms with Gasteiger partial charge in [-0.3, -0.25) is 4.79 Å². The van der Waals surface area contributed by atoms with Crippen molar-refractivity contribution in [2.24, 2.45) is 11.8 Å². The van der Waals surface area contributed by atoms with Crippen LogP contribution in [0.2, 0.25) is 0 Å². The van der Waals surface area contributed by atoms with Gasteiger partial charge in [-0.05, 0) is 37.5 Å². The maximum Gasteiger partial charge on any atom is 0.220 e. The normalized spacial score (nSPS) is 26.5. The van der Waals surface area contributed by atoms with Gasteiger partial charge in [0.2, 0.25) is 5.91 Å². The van der Waals surface area contributed by atoms with E-state index in [2.05, 4.69) is 45.9 Å². The van der Waals surface area contributed by atoms with Gasteiger partial charge in [0.15, 0.2) is 5.82 Å². The van der Waals surface area contributed by atoms with Crippen LogP contribution in [-0.2, 0) is 4.79 Å². The van der Waals surface area contributed by atoms with Crippen LogP contribution in [0.5, 0.6) is 0 Å². The Bertz CT molecular complexity index is 806. The number of amides is 1. The van der Waals surface area contributed by atoms with Crippen molar-refractivity contribution < 1.29 is 4.79 Å². The van der Waals surface area contributed by atoms with E-state index in [1.54, 1.807) is 17.7 Å². The molecule has 3 unspecified atom stereocenters. The first-order valence-electron chi connectivity index (χ1n) is 9.62. The maximum atomic E-state index is 12.7. The molecular formula is C19H27N5OS. The number of thiazole rings is 1. The Kier molecular flexibility index (Phi) is 4.59. The Labute approximate surface area is 158 Å². The molecule has 0 spiro atoms. The third-order valence-corrected chi connectivity index (χ3v) is 7.07. The highest BCUT2D eigenvalue weighted by Gasteiger charge is 2.52. The quantitative estimate of drug-likeness (QED) is 0.870. The maximum absolute atomic E-state index is 12.7. The summed E-state index contributed by atoms with van der Waals surface area (Å²) in [6, 6.07) is 0.306. The summed E-state index contributed by atoms with van der Waals surface area (Å²) in [5.74, 6) is 2.05. The van der Waals surface area contributed by atoms with E-state index in [0.29, 0.717) is 24.3 Å². The number of hydrogen-bond acceptors (Lipinski definition) is 6. The number of hydrogen-bond donors (Lipinski definition) is 1. The minimum Gasteiger partial charge on any atom is -0.349 e. The molecule has 1 amide bonds. The van der Waals surface area contributed by atoms with Crippen LogP contribution in [0.1, 0.15) is 52.9 Å². The summed E-state index contributed by atoms with van der Waals surface area (Å²) in [4.78, 5) is 29.4. The molecule has 3 heterocycles. The van der Waals surface area contributed by atoms with Crippen molar-refractivity contribution in [1.29, 1.82) is 0 Å². The lowest BCUT2D eigenvalue weighted by Crippen LogP contribution is -2.54. The van der Waals surface area contributed by atoms with Crippen molar-refractivity contribution in [3.05, 3.63) is 11.8 Å². The van der Waals surface area contributed by atoms with Crippen LogP contribution in [0.4, 0.5) is 5.82 Å². The van der Waals surface area contributed by atoms with E-state index in [9.17, 15) is 4.79 Å². The van der Waals surface area contributed by atoms with E-state index in [0.717, 1.165) is 48.4 Å². The molecule has 26 heavy (non-hydrogen) atoms. The molecular weight excluding hydrogens is 346 g/mol. The zero-order chi connectivity index (χ0) is 18.3. The number of anilines is 1. The van der Waals surface area contributed by atoms with Crippen LogP contribution in [0.25, 0.3) is 10.3 Å². The molecule has 4 rings (SSSR count). The monoisotopic (exact) mass is 373 g/mol. The average Bonchev–Trinajstić information content (AvgIpc) is 3.28. The standard InChI is InChI=1S/C19H27N5OS/c1-12(2)13(3)9-15(25)23-19-6-4-5-14(19)24(8-7-19)17-16-18(21-10-20-17)26-11-22-16/h10-14H,4-9H2,1-3H3,(H,23,25). The van der Waals surface area contributed by atoms with Crippen LogP contribution < -0.4 is 10.2 Å². The summed E-state index contributed by atoms with van der Waals surface area (Å²) in [6.45, 7) is 7.43. The van der Waals surface area contributed by atoms with Gasteiger partial charge in [0.25, 0.3) is 0 Å².